The molecule has 1 aliphatic heterocycles. The van der Waals surface area contributed by atoms with Crippen LogP contribution in [0.5, 0.6) is 0 Å². The summed E-state index contributed by atoms with van der Waals surface area (Å²) in [7, 11) is 0. The number of aromatic nitrogens is 1. The van der Waals surface area contributed by atoms with E-state index in [1.54, 1.807) is 6.20 Å². The maximum absolute atomic E-state index is 9.04. The standard InChI is InChI=1S/C15H23N5/c1-15(2,12-16)5-6-19-7-9-20(10-8-19)14-4-3-13(17)11-18-14/h3-4,11H,5-10,17H2,1-2H3. The third-order valence-corrected chi connectivity index (χ3v) is 3.82. The van der Waals surface area contributed by atoms with Gasteiger partial charge in [-0.3, -0.25) is 4.90 Å². The van der Waals surface area contributed by atoms with Crippen LogP contribution in [0.2, 0.25) is 0 Å². The molecular formula is C15H23N5. The summed E-state index contributed by atoms with van der Waals surface area (Å²) in [4.78, 5) is 9.07. The van der Waals surface area contributed by atoms with E-state index >= 15 is 0 Å². The summed E-state index contributed by atoms with van der Waals surface area (Å²) in [6.45, 7) is 8.99. The molecule has 5 nitrogen and oxygen atoms in total. The second-order valence-electron chi connectivity index (χ2n) is 6.02. The van der Waals surface area contributed by atoms with Crippen LogP contribution in [0.1, 0.15) is 20.3 Å². The molecule has 0 saturated carbocycles. The van der Waals surface area contributed by atoms with Gasteiger partial charge in [0.1, 0.15) is 5.82 Å². The maximum atomic E-state index is 9.04. The SMILES string of the molecule is CC(C)(C#N)CCN1CCN(c2ccc(N)cn2)CC1. The second kappa shape index (κ2) is 6.10. The summed E-state index contributed by atoms with van der Waals surface area (Å²) in [6.07, 6.45) is 2.63. The molecule has 1 aromatic heterocycles. The minimum atomic E-state index is -0.227. The van der Waals surface area contributed by atoms with Crippen molar-refractivity contribution in [3.05, 3.63) is 18.3 Å². The van der Waals surface area contributed by atoms with Crippen LogP contribution >= 0.6 is 0 Å². The van der Waals surface area contributed by atoms with E-state index in [4.69, 9.17) is 11.0 Å². The molecule has 2 N–H and O–H groups in total. The Balaban J connectivity index is 1.81. The fraction of sp³-hybridized carbons (Fsp3) is 0.600. The first-order chi connectivity index (χ1) is 9.50. The van der Waals surface area contributed by atoms with Crippen LogP contribution in [-0.2, 0) is 0 Å². The van der Waals surface area contributed by atoms with Gasteiger partial charge in [-0.05, 0) is 38.9 Å². The van der Waals surface area contributed by atoms with E-state index in [1.807, 2.05) is 26.0 Å². The van der Waals surface area contributed by atoms with Crippen molar-refractivity contribution in [2.24, 2.45) is 5.41 Å². The zero-order chi connectivity index (χ0) is 14.6. The molecule has 0 aliphatic carbocycles. The van der Waals surface area contributed by atoms with Crippen molar-refractivity contribution in [2.75, 3.05) is 43.4 Å². The molecule has 20 heavy (non-hydrogen) atoms. The lowest BCUT2D eigenvalue weighted by atomic mass is 9.91. The highest BCUT2D eigenvalue weighted by Gasteiger charge is 2.21. The van der Waals surface area contributed by atoms with Crippen molar-refractivity contribution in [1.82, 2.24) is 9.88 Å². The van der Waals surface area contributed by atoms with Gasteiger partial charge in [-0.1, -0.05) is 0 Å². The van der Waals surface area contributed by atoms with E-state index in [9.17, 15) is 0 Å². The first kappa shape index (κ1) is 14.6. The van der Waals surface area contributed by atoms with Crippen LogP contribution in [0.15, 0.2) is 18.3 Å². The third kappa shape index (κ3) is 3.84. The van der Waals surface area contributed by atoms with Crippen LogP contribution in [0.25, 0.3) is 0 Å². The summed E-state index contributed by atoms with van der Waals surface area (Å²) < 4.78 is 0. The average molecular weight is 273 g/mol. The van der Waals surface area contributed by atoms with Crippen molar-refractivity contribution < 1.29 is 0 Å². The third-order valence-electron chi connectivity index (χ3n) is 3.82. The lowest BCUT2D eigenvalue weighted by Gasteiger charge is -2.36. The molecule has 1 fully saturated rings. The van der Waals surface area contributed by atoms with Gasteiger partial charge in [0.05, 0.1) is 23.4 Å². The fourth-order valence-electron chi connectivity index (χ4n) is 2.28. The van der Waals surface area contributed by atoms with Crippen molar-refractivity contribution in [3.8, 4) is 6.07 Å². The number of nitrogens with two attached hydrogens (primary N) is 1. The van der Waals surface area contributed by atoms with Crippen LogP contribution in [0.3, 0.4) is 0 Å². The molecular weight excluding hydrogens is 250 g/mol. The molecule has 2 rings (SSSR count). The van der Waals surface area contributed by atoms with Gasteiger partial charge in [-0.2, -0.15) is 5.26 Å². The van der Waals surface area contributed by atoms with Crippen LogP contribution in [0.4, 0.5) is 11.5 Å². The Morgan fingerprint density at radius 1 is 1.30 bits per heavy atom. The minimum Gasteiger partial charge on any atom is -0.397 e. The summed E-state index contributed by atoms with van der Waals surface area (Å²) >= 11 is 0. The average Bonchev–Trinajstić information content (AvgIpc) is 2.47. The molecule has 1 saturated heterocycles. The van der Waals surface area contributed by atoms with E-state index in [1.165, 1.54) is 0 Å². The van der Waals surface area contributed by atoms with E-state index in [-0.39, 0.29) is 5.41 Å². The van der Waals surface area contributed by atoms with Gasteiger partial charge in [-0.25, -0.2) is 4.98 Å². The van der Waals surface area contributed by atoms with Gasteiger partial charge in [0.15, 0.2) is 0 Å². The molecule has 1 aliphatic rings. The Bertz CT molecular complexity index is 466. The minimum absolute atomic E-state index is 0.227. The number of nitrogens with zero attached hydrogens (tertiary/aromatic N) is 4. The predicted molar refractivity (Wildman–Crippen MR) is 81.3 cm³/mol. The first-order valence-corrected chi connectivity index (χ1v) is 7.10. The van der Waals surface area contributed by atoms with E-state index in [2.05, 4.69) is 20.9 Å². The topological polar surface area (TPSA) is 69.2 Å². The number of hydrogen-bond acceptors (Lipinski definition) is 5. The summed E-state index contributed by atoms with van der Waals surface area (Å²) in [6, 6.07) is 6.23. The highest BCUT2D eigenvalue weighted by Crippen LogP contribution is 2.20. The molecule has 0 radical (unpaired) electrons. The van der Waals surface area contributed by atoms with Crippen molar-refractivity contribution in [3.63, 3.8) is 0 Å². The van der Waals surface area contributed by atoms with Crippen molar-refractivity contribution in [1.29, 1.82) is 5.26 Å². The number of nitriles is 1. The second-order valence-corrected chi connectivity index (χ2v) is 6.02. The highest BCUT2D eigenvalue weighted by molar-refractivity contribution is 5.46. The summed E-state index contributed by atoms with van der Waals surface area (Å²) in [5.41, 5.74) is 6.13. The molecule has 0 spiro atoms. The number of rotatable bonds is 4. The number of pyridine rings is 1. The van der Waals surface area contributed by atoms with Gasteiger partial charge < -0.3 is 10.6 Å². The molecule has 0 bridgehead atoms. The Hall–Kier alpha value is -1.80. The maximum Gasteiger partial charge on any atom is 0.128 e. The molecule has 0 atom stereocenters. The molecule has 5 heteroatoms. The Morgan fingerprint density at radius 2 is 2.00 bits per heavy atom. The van der Waals surface area contributed by atoms with Gasteiger partial charge in [0, 0.05) is 26.2 Å². The highest BCUT2D eigenvalue weighted by atomic mass is 15.3. The Labute approximate surface area is 121 Å². The molecule has 0 amide bonds. The number of hydrogen-bond donors (Lipinski definition) is 1. The largest absolute Gasteiger partial charge is 0.397 e. The Kier molecular flexibility index (Phi) is 4.46. The monoisotopic (exact) mass is 273 g/mol. The molecule has 1 aromatic rings. The van der Waals surface area contributed by atoms with Gasteiger partial charge in [-0.15, -0.1) is 0 Å². The van der Waals surface area contributed by atoms with E-state index in [0.29, 0.717) is 5.69 Å². The van der Waals surface area contributed by atoms with Crippen molar-refractivity contribution >= 4 is 11.5 Å². The van der Waals surface area contributed by atoms with Crippen LogP contribution in [-0.4, -0.2) is 42.6 Å². The molecule has 2 heterocycles. The zero-order valence-electron chi connectivity index (χ0n) is 12.3. The Morgan fingerprint density at radius 3 is 2.55 bits per heavy atom. The summed E-state index contributed by atoms with van der Waals surface area (Å²) in [5.74, 6) is 0.996. The number of piperazine rings is 1. The number of anilines is 2. The zero-order valence-corrected chi connectivity index (χ0v) is 12.3. The lowest BCUT2D eigenvalue weighted by Crippen LogP contribution is -2.47. The molecule has 0 unspecified atom stereocenters. The fourth-order valence-corrected chi connectivity index (χ4v) is 2.28. The predicted octanol–water partition coefficient (Wildman–Crippen LogP) is 1.73. The summed E-state index contributed by atoms with van der Waals surface area (Å²) in [5, 5.41) is 9.04. The molecule has 0 aromatic carbocycles. The van der Waals surface area contributed by atoms with Gasteiger partial charge >= 0.3 is 0 Å². The van der Waals surface area contributed by atoms with Gasteiger partial charge in [0.2, 0.25) is 0 Å². The van der Waals surface area contributed by atoms with E-state index in [0.717, 1.165) is 45.0 Å². The normalized spacial score (nSPS) is 16.9. The van der Waals surface area contributed by atoms with E-state index < -0.39 is 0 Å². The smallest absolute Gasteiger partial charge is 0.128 e. The number of nitrogen functional groups attached to an aromatic ring is 1. The first-order valence-electron chi connectivity index (χ1n) is 7.10. The molecule has 108 valence electrons. The van der Waals surface area contributed by atoms with Crippen molar-refractivity contribution in [2.45, 2.75) is 20.3 Å². The van der Waals surface area contributed by atoms with Gasteiger partial charge in [0.25, 0.3) is 0 Å². The van der Waals surface area contributed by atoms with Crippen LogP contribution < -0.4 is 10.6 Å². The lowest BCUT2D eigenvalue weighted by molar-refractivity contribution is 0.229. The van der Waals surface area contributed by atoms with Crippen LogP contribution in [0, 0.1) is 16.7 Å². The quantitative estimate of drug-likeness (QED) is 0.904.